The Hall–Kier alpha value is -0.950. The van der Waals surface area contributed by atoms with E-state index >= 15 is 0 Å². The average Bonchev–Trinajstić information content (AvgIpc) is 2.47. The lowest BCUT2D eigenvalue weighted by Gasteiger charge is -2.35. The van der Waals surface area contributed by atoms with Crippen molar-refractivity contribution < 1.29 is 19.4 Å². The van der Waals surface area contributed by atoms with E-state index in [-0.39, 0.29) is 18.5 Å². The zero-order chi connectivity index (χ0) is 15.2. The maximum atomic E-state index is 12.3. The molecular formula is C14H24N2O4S. The van der Waals surface area contributed by atoms with Gasteiger partial charge in [0.05, 0.1) is 19.1 Å². The van der Waals surface area contributed by atoms with Crippen LogP contribution in [0.25, 0.3) is 0 Å². The highest BCUT2D eigenvalue weighted by molar-refractivity contribution is 7.99. The Morgan fingerprint density at radius 2 is 2.24 bits per heavy atom. The number of hydrogen-bond donors (Lipinski definition) is 2. The Morgan fingerprint density at radius 3 is 2.95 bits per heavy atom. The maximum Gasteiger partial charge on any atom is 0.317 e. The summed E-state index contributed by atoms with van der Waals surface area (Å²) in [6.07, 6.45) is 6.11. The molecule has 0 aromatic rings. The average molecular weight is 316 g/mol. The molecule has 1 heterocycles. The molecular weight excluding hydrogens is 292 g/mol. The molecule has 2 amide bonds. The number of carbonyl (C=O) groups is 2. The van der Waals surface area contributed by atoms with Gasteiger partial charge in [-0.3, -0.25) is 4.79 Å². The Balaban J connectivity index is 1.80. The van der Waals surface area contributed by atoms with Crippen LogP contribution in [-0.2, 0) is 9.53 Å². The highest BCUT2D eigenvalue weighted by Gasteiger charge is 2.28. The molecule has 0 bridgehead atoms. The van der Waals surface area contributed by atoms with Gasteiger partial charge in [0.2, 0.25) is 0 Å². The van der Waals surface area contributed by atoms with E-state index in [1.165, 1.54) is 6.42 Å². The van der Waals surface area contributed by atoms with Crippen molar-refractivity contribution in [2.45, 2.75) is 49.5 Å². The summed E-state index contributed by atoms with van der Waals surface area (Å²) in [6, 6.07) is 0.157. The van der Waals surface area contributed by atoms with Gasteiger partial charge in [-0.15, -0.1) is 0 Å². The Bertz CT molecular complexity index is 380. The van der Waals surface area contributed by atoms with E-state index in [0.29, 0.717) is 24.9 Å². The Kier molecular flexibility index (Phi) is 6.17. The van der Waals surface area contributed by atoms with Crippen molar-refractivity contribution in [1.29, 1.82) is 0 Å². The molecule has 0 aromatic carbocycles. The standard InChI is InChI=1S/C14H24N2O4S/c1-21-12-4-2-3-10(7-12)15-14(19)16-5-6-20-11(9-16)8-13(17)18/h10-12H,2-9H2,1H3,(H,15,19)(H,17,18). The summed E-state index contributed by atoms with van der Waals surface area (Å²) in [5.74, 6) is -0.891. The first-order chi connectivity index (χ1) is 10.1. The van der Waals surface area contributed by atoms with Crippen LogP contribution in [0.2, 0.25) is 0 Å². The fraction of sp³-hybridized carbons (Fsp3) is 0.857. The van der Waals surface area contributed by atoms with Crippen LogP contribution in [0.1, 0.15) is 32.1 Å². The molecule has 2 fully saturated rings. The molecule has 120 valence electrons. The quantitative estimate of drug-likeness (QED) is 0.822. The molecule has 21 heavy (non-hydrogen) atoms. The van der Waals surface area contributed by atoms with Crippen molar-refractivity contribution in [2.75, 3.05) is 26.0 Å². The van der Waals surface area contributed by atoms with Gasteiger partial charge in [0.15, 0.2) is 0 Å². The topological polar surface area (TPSA) is 78.9 Å². The molecule has 1 aliphatic carbocycles. The maximum absolute atomic E-state index is 12.3. The van der Waals surface area contributed by atoms with Crippen LogP contribution in [0.3, 0.4) is 0 Å². The Labute approximate surface area is 129 Å². The number of ether oxygens (including phenoxy) is 1. The highest BCUT2D eigenvalue weighted by atomic mass is 32.2. The number of nitrogens with one attached hydrogen (secondary N) is 1. The lowest BCUT2D eigenvalue weighted by Crippen LogP contribution is -2.52. The second-order valence-electron chi connectivity index (χ2n) is 5.71. The molecule has 3 atom stereocenters. The number of carboxylic acids is 1. The normalized spacial score (nSPS) is 30.0. The Morgan fingerprint density at radius 1 is 1.43 bits per heavy atom. The van der Waals surface area contributed by atoms with Crippen molar-refractivity contribution in [1.82, 2.24) is 10.2 Å². The molecule has 0 spiro atoms. The van der Waals surface area contributed by atoms with Gasteiger partial charge >= 0.3 is 12.0 Å². The number of carboxylic acid groups (broad SMARTS) is 1. The fourth-order valence-electron chi connectivity index (χ4n) is 2.98. The third-order valence-corrected chi connectivity index (χ3v) is 5.21. The van der Waals surface area contributed by atoms with Crippen LogP contribution in [0.4, 0.5) is 4.79 Å². The van der Waals surface area contributed by atoms with Gasteiger partial charge in [-0.05, 0) is 25.5 Å². The van der Waals surface area contributed by atoms with Gasteiger partial charge in [0.25, 0.3) is 0 Å². The van der Waals surface area contributed by atoms with Gasteiger partial charge < -0.3 is 20.1 Å². The van der Waals surface area contributed by atoms with E-state index in [1.54, 1.807) is 4.90 Å². The van der Waals surface area contributed by atoms with Crippen molar-refractivity contribution >= 4 is 23.8 Å². The summed E-state index contributed by atoms with van der Waals surface area (Å²) in [5.41, 5.74) is 0. The van der Waals surface area contributed by atoms with Crippen LogP contribution >= 0.6 is 11.8 Å². The van der Waals surface area contributed by atoms with E-state index < -0.39 is 12.1 Å². The molecule has 1 aliphatic heterocycles. The van der Waals surface area contributed by atoms with Gasteiger partial charge in [-0.25, -0.2) is 4.79 Å². The van der Waals surface area contributed by atoms with Crippen LogP contribution in [-0.4, -0.2) is 65.4 Å². The van der Waals surface area contributed by atoms with Gasteiger partial charge in [0, 0.05) is 24.4 Å². The van der Waals surface area contributed by atoms with Crippen molar-refractivity contribution in [2.24, 2.45) is 0 Å². The first-order valence-electron chi connectivity index (χ1n) is 7.50. The minimum absolute atomic E-state index is 0.0538. The molecule has 1 saturated carbocycles. The number of nitrogens with zero attached hydrogens (tertiary/aromatic N) is 1. The number of morpholine rings is 1. The minimum Gasteiger partial charge on any atom is -0.481 e. The van der Waals surface area contributed by atoms with Crippen molar-refractivity contribution in [3.63, 3.8) is 0 Å². The van der Waals surface area contributed by atoms with E-state index in [4.69, 9.17) is 9.84 Å². The van der Waals surface area contributed by atoms with Gasteiger partial charge in [-0.1, -0.05) is 6.42 Å². The number of thioether (sulfide) groups is 1. The second-order valence-corrected chi connectivity index (χ2v) is 6.85. The fourth-order valence-corrected chi connectivity index (χ4v) is 3.81. The molecule has 3 unspecified atom stereocenters. The lowest BCUT2D eigenvalue weighted by molar-refractivity contribution is -0.141. The summed E-state index contributed by atoms with van der Waals surface area (Å²) >= 11 is 1.87. The number of urea groups is 1. The van der Waals surface area contributed by atoms with Gasteiger partial charge in [0.1, 0.15) is 0 Å². The third kappa shape index (κ3) is 5.07. The van der Waals surface area contributed by atoms with Gasteiger partial charge in [-0.2, -0.15) is 11.8 Å². The molecule has 2 rings (SSSR count). The summed E-state index contributed by atoms with van der Waals surface area (Å²) in [6.45, 7) is 1.29. The van der Waals surface area contributed by atoms with E-state index in [2.05, 4.69) is 11.6 Å². The third-order valence-electron chi connectivity index (χ3n) is 4.12. The van der Waals surface area contributed by atoms with Crippen LogP contribution in [0.5, 0.6) is 0 Å². The second kappa shape index (κ2) is 7.89. The van der Waals surface area contributed by atoms with E-state index in [0.717, 1.165) is 19.3 Å². The first-order valence-corrected chi connectivity index (χ1v) is 8.79. The van der Waals surface area contributed by atoms with Crippen LogP contribution in [0.15, 0.2) is 0 Å². The largest absolute Gasteiger partial charge is 0.481 e. The van der Waals surface area contributed by atoms with Crippen molar-refractivity contribution in [3.8, 4) is 0 Å². The zero-order valence-corrected chi connectivity index (χ0v) is 13.2. The smallest absolute Gasteiger partial charge is 0.317 e. The molecule has 1 saturated heterocycles. The molecule has 2 N–H and O–H groups in total. The number of amides is 2. The summed E-state index contributed by atoms with van der Waals surface area (Å²) in [4.78, 5) is 24.7. The van der Waals surface area contributed by atoms with Crippen LogP contribution in [0, 0.1) is 0 Å². The monoisotopic (exact) mass is 316 g/mol. The summed E-state index contributed by atoms with van der Waals surface area (Å²) in [7, 11) is 0. The molecule has 2 aliphatic rings. The first kappa shape index (κ1) is 16.4. The summed E-state index contributed by atoms with van der Waals surface area (Å²) in [5, 5.41) is 12.5. The highest BCUT2D eigenvalue weighted by Crippen LogP contribution is 2.27. The predicted molar refractivity (Wildman–Crippen MR) is 81.7 cm³/mol. The number of rotatable bonds is 4. The molecule has 7 heteroatoms. The number of carbonyl (C=O) groups excluding carboxylic acids is 1. The predicted octanol–water partition coefficient (Wildman–Crippen LogP) is 1.55. The van der Waals surface area contributed by atoms with Crippen LogP contribution < -0.4 is 5.32 Å². The zero-order valence-electron chi connectivity index (χ0n) is 12.4. The minimum atomic E-state index is -0.891. The number of aliphatic carboxylic acids is 1. The molecule has 0 radical (unpaired) electrons. The summed E-state index contributed by atoms with van der Waals surface area (Å²) < 4.78 is 5.39. The molecule has 6 nitrogen and oxygen atoms in total. The number of hydrogen-bond acceptors (Lipinski definition) is 4. The van der Waals surface area contributed by atoms with E-state index in [9.17, 15) is 9.59 Å². The molecule has 0 aromatic heterocycles. The van der Waals surface area contributed by atoms with E-state index in [1.807, 2.05) is 11.8 Å². The lowest BCUT2D eigenvalue weighted by atomic mass is 9.95. The van der Waals surface area contributed by atoms with Crippen molar-refractivity contribution in [3.05, 3.63) is 0 Å². The SMILES string of the molecule is CSC1CCCC(NC(=O)N2CCOC(CC(=O)O)C2)C1.